The van der Waals surface area contributed by atoms with Gasteiger partial charge in [0.15, 0.2) is 5.82 Å². The van der Waals surface area contributed by atoms with Crippen LogP contribution in [0.3, 0.4) is 0 Å². The Morgan fingerprint density at radius 2 is 2.26 bits per heavy atom. The van der Waals surface area contributed by atoms with Crippen molar-refractivity contribution in [1.29, 1.82) is 0 Å². The lowest BCUT2D eigenvalue weighted by Crippen LogP contribution is -2.46. The van der Waals surface area contributed by atoms with Crippen molar-refractivity contribution < 1.29 is 0 Å². The summed E-state index contributed by atoms with van der Waals surface area (Å²) in [4.78, 5) is 4.29. The van der Waals surface area contributed by atoms with Crippen LogP contribution >= 0.6 is 0 Å². The van der Waals surface area contributed by atoms with Crippen LogP contribution in [0.2, 0.25) is 0 Å². The molecule has 2 aliphatic rings. The molecule has 5 nitrogen and oxygen atoms in total. The average molecular weight is 263 g/mol. The van der Waals surface area contributed by atoms with Gasteiger partial charge in [-0.3, -0.25) is 4.68 Å². The van der Waals surface area contributed by atoms with Gasteiger partial charge in [0.2, 0.25) is 0 Å². The first-order valence-electron chi connectivity index (χ1n) is 7.64. The van der Waals surface area contributed by atoms with Crippen molar-refractivity contribution in [2.75, 3.05) is 6.54 Å². The Hall–Kier alpha value is -0.940. The molecule has 1 saturated heterocycles. The number of nitrogens with one attached hydrogen (secondary N) is 2. The van der Waals surface area contributed by atoms with Crippen molar-refractivity contribution in [3.8, 4) is 0 Å². The second kappa shape index (κ2) is 6.01. The predicted octanol–water partition coefficient (Wildman–Crippen LogP) is 1.22. The minimum Gasteiger partial charge on any atom is -0.314 e. The zero-order chi connectivity index (χ0) is 13.1. The number of piperidine rings is 1. The summed E-state index contributed by atoms with van der Waals surface area (Å²) in [7, 11) is 1.92. The molecular formula is C14H25N5. The summed E-state index contributed by atoms with van der Waals surface area (Å²) < 4.78 is 1.77. The van der Waals surface area contributed by atoms with Gasteiger partial charge in [-0.15, -0.1) is 0 Å². The minimum atomic E-state index is 0.638. The average Bonchev–Trinajstić information content (AvgIpc) is 3.06. The van der Waals surface area contributed by atoms with Gasteiger partial charge >= 0.3 is 0 Å². The van der Waals surface area contributed by atoms with Gasteiger partial charge in [-0.25, -0.2) is 4.98 Å². The van der Waals surface area contributed by atoms with Crippen LogP contribution in [-0.4, -0.2) is 33.4 Å². The van der Waals surface area contributed by atoms with E-state index in [1.54, 1.807) is 11.0 Å². The van der Waals surface area contributed by atoms with Crippen molar-refractivity contribution in [2.45, 2.75) is 57.2 Å². The summed E-state index contributed by atoms with van der Waals surface area (Å²) in [6, 6.07) is 1.37. The van der Waals surface area contributed by atoms with Crippen LogP contribution in [0.25, 0.3) is 0 Å². The van der Waals surface area contributed by atoms with Gasteiger partial charge in [0.05, 0.1) is 6.54 Å². The molecule has 1 aliphatic heterocycles. The van der Waals surface area contributed by atoms with Crippen molar-refractivity contribution in [3.63, 3.8) is 0 Å². The predicted molar refractivity (Wildman–Crippen MR) is 74.6 cm³/mol. The highest BCUT2D eigenvalue weighted by molar-refractivity contribution is 4.93. The summed E-state index contributed by atoms with van der Waals surface area (Å²) >= 11 is 0. The highest BCUT2D eigenvalue weighted by atomic mass is 15.3. The van der Waals surface area contributed by atoms with Crippen LogP contribution in [0.1, 0.15) is 44.3 Å². The SMILES string of the molecule is Cn1cnc(CNC2CCCC2C2CCCCN2)n1. The van der Waals surface area contributed by atoms with E-state index >= 15 is 0 Å². The third kappa shape index (κ3) is 3.15. The molecule has 19 heavy (non-hydrogen) atoms. The summed E-state index contributed by atoms with van der Waals surface area (Å²) in [5.41, 5.74) is 0. The lowest BCUT2D eigenvalue weighted by molar-refractivity contribution is 0.256. The second-order valence-corrected chi connectivity index (χ2v) is 5.97. The number of nitrogens with zero attached hydrogens (tertiary/aromatic N) is 3. The maximum atomic E-state index is 4.34. The first kappa shape index (κ1) is 13.1. The standard InChI is InChI=1S/C14H25N5/c1-19-10-17-14(18-19)9-16-13-7-4-5-11(13)12-6-2-3-8-15-12/h10-13,15-16H,2-9H2,1H3. The molecule has 0 spiro atoms. The highest BCUT2D eigenvalue weighted by Gasteiger charge is 2.33. The molecule has 3 unspecified atom stereocenters. The van der Waals surface area contributed by atoms with E-state index in [1.165, 1.54) is 45.1 Å². The normalized spacial score (nSPS) is 31.7. The van der Waals surface area contributed by atoms with Crippen molar-refractivity contribution in [3.05, 3.63) is 12.2 Å². The molecule has 0 bridgehead atoms. The van der Waals surface area contributed by atoms with Gasteiger partial charge in [0.1, 0.15) is 6.33 Å². The largest absolute Gasteiger partial charge is 0.314 e. The fourth-order valence-electron chi connectivity index (χ4n) is 3.66. The quantitative estimate of drug-likeness (QED) is 0.857. The summed E-state index contributed by atoms with van der Waals surface area (Å²) in [5, 5.41) is 11.7. The Balaban J connectivity index is 1.54. The zero-order valence-electron chi connectivity index (χ0n) is 11.8. The molecule has 106 valence electrons. The molecule has 1 aromatic rings. The van der Waals surface area contributed by atoms with E-state index < -0.39 is 0 Å². The van der Waals surface area contributed by atoms with Crippen LogP contribution in [0.15, 0.2) is 6.33 Å². The Bertz CT molecular complexity index is 396. The second-order valence-electron chi connectivity index (χ2n) is 5.97. The molecule has 3 atom stereocenters. The number of hydrogen-bond acceptors (Lipinski definition) is 4. The summed E-state index contributed by atoms with van der Waals surface area (Å²) in [6.45, 7) is 2.00. The molecule has 2 N–H and O–H groups in total. The number of rotatable bonds is 4. The number of hydrogen-bond donors (Lipinski definition) is 2. The maximum Gasteiger partial charge on any atom is 0.164 e. The smallest absolute Gasteiger partial charge is 0.164 e. The topological polar surface area (TPSA) is 54.8 Å². The van der Waals surface area contributed by atoms with Gasteiger partial charge in [-0.1, -0.05) is 12.8 Å². The van der Waals surface area contributed by atoms with Crippen molar-refractivity contribution >= 4 is 0 Å². The molecule has 2 fully saturated rings. The van der Waals surface area contributed by atoms with Gasteiger partial charge in [-0.2, -0.15) is 5.10 Å². The Morgan fingerprint density at radius 1 is 1.32 bits per heavy atom. The fourth-order valence-corrected chi connectivity index (χ4v) is 3.66. The van der Waals surface area contributed by atoms with Crippen LogP contribution in [0.5, 0.6) is 0 Å². The molecule has 3 rings (SSSR count). The maximum absolute atomic E-state index is 4.34. The minimum absolute atomic E-state index is 0.638. The number of aromatic nitrogens is 3. The van der Waals surface area contributed by atoms with E-state index in [0.717, 1.165) is 24.3 Å². The first-order valence-corrected chi connectivity index (χ1v) is 7.64. The van der Waals surface area contributed by atoms with Gasteiger partial charge < -0.3 is 10.6 Å². The molecule has 1 aromatic heterocycles. The lowest BCUT2D eigenvalue weighted by Gasteiger charge is -2.33. The molecule has 0 amide bonds. The Labute approximate surface area is 115 Å². The molecule has 1 saturated carbocycles. The Morgan fingerprint density at radius 3 is 3.00 bits per heavy atom. The van der Waals surface area contributed by atoms with E-state index in [4.69, 9.17) is 0 Å². The van der Waals surface area contributed by atoms with Crippen molar-refractivity contribution in [2.24, 2.45) is 13.0 Å². The number of aryl methyl sites for hydroxylation is 1. The summed E-state index contributed by atoms with van der Waals surface area (Å²) in [5.74, 6) is 1.70. The first-order chi connectivity index (χ1) is 9.33. The zero-order valence-corrected chi connectivity index (χ0v) is 11.8. The molecule has 0 radical (unpaired) electrons. The van der Waals surface area contributed by atoms with E-state index in [0.29, 0.717) is 6.04 Å². The molecule has 0 aromatic carbocycles. The summed E-state index contributed by atoms with van der Waals surface area (Å²) in [6.07, 6.45) is 9.88. The van der Waals surface area contributed by atoms with E-state index in [9.17, 15) is 0 Å². The van der Waals surface area contributed by atoms with Gasteiger partial charge in [0, 0.05) is 19.1 Å². The van der Waals surface area contributed by atoms with Gasteiger partial charge in [0.25, 0.3) is 0 Å². The van der Waals surface area contributed by atoms with E-state index in [-0.39, 0.29) is 0 Å². The molecule has 2 heterocycles. The van der Waals surface area contributed by atoms with Crippen molar-refractivity contribution in [1.82, 2.24) is 25.4 Å². The van der Waals surface area contributed by atoms with Crippen LogP contribution in [0.4, 0.5) is 0 Å². The molecule has 1 aliphatic carbocycles. The monoisotopic (exact) mass is 263 g/mol. The highest BCUT2D eigenvalue weighted by Crippen LogP contribution is 2.31. The third-order valence-electron chi connectivity index (χ3n) is 4.60. The molecule has 5 heteroatoms. The molecular weight excluding hydrogens is 238 g/mol. The van der Waals surface area contributed by atoms with Gasteiger partial charge in [-0.05, 0) is 38.1 Å². The Kier molecular flexibility index (Phi) is 4.13. The fraction of sp³-hybridized carbons (Fsp3) is 0.857. The van der Waals surface area contributed by atoms with Crippen LogP contribution in [-0.2, 0) is 13.6 Å². The van der Waals surface area contributed by atoms with E-state index in [2.05, 4.69) is 20.7 Å². The third-order valence-corrected chi connectivity index (χ3v) is 4.60. The van der Waals surface area contributed by atoms with E-state index in [1.807, 2.05) is 7.05 Å². The van der Waals surface area contributed by atoms with Crippen LogP contribution < -0.4 is 10.6 Å². The lowest BCUT2D eigenvalue weighted by atomic mass is 9.88. The van der Waals surface area contributed by atoms with Crippen LogP contribution in [0, 0.1) is 5.92 Å².